The SMILES string of the molecule is CCOCCCN1C(=O)/C(=C\c2ccccc2OCc2ccccc2)NC1=S. The molecule has 1 aliphatic rings. The number of nitrogens with zero attached hydrogens (tertiary/aromatic N) is 1. The molecule has 0 aromatic heterocycles. The first-order chi connectivity index (χ1) is 13.7. The summed E-state index contributed by atoms with van der Waals surface area (Å²) in [6, 6.07) is 17.6. The van der Waals surface area contributed by atoms with Gasteiger partial charge in [-0.1, -0.05) is 48.5 Å². The fourth-order valence-corrected chi connectivity index (χ4v) is 3.15. The maximum Gasteiger partial charge on any atom is 0.276 e. The van der Waals surface area contributed by atoms with Gasteiger partial charge in [-0.15, -0.1) is 0 Å². The third-order valence-electron chi connectivity index (χ3n) is 4.29. The first-order valence-corrected chi connectivity index (χ1v) is 9.78. The van der Waals surface area contributed by atoms with E-state index < -0.39 is 0 Å². The molecule has 0 atom stereocenters. The molecule has 1 saturated heterocycles. The van der Waals surface area contributed by atoms with Gasteiger partial charge >= 0.3 is 0 Å². The molecule has 2 aromatic carbocycles. The van der Waals surface area contributed by atoms with Gasteiger partial charge < -0.3 is 14.8 Å². The van der Waals surface area contributed by atoms with Crippen LogP contribution in [0.2, 0.25) is 0 Å². The smallest absolute Gasteiger partial charge is 0.276 e. The van der Waals surface area contributed by atoms with Crippen molar-refractivity contribution in [2.75, 3.05) is 19.8 Å². The van der Waals surface area contributed by atoms with Gasteiger partial charge in [-0.25, -0.2) is 0 Å². The molecule has 6 heteroatoms. The van der Waals surface area contributed by atoms with Crippen molar-refractivity contribution in [3.8, 4) is 5.75 Å². The monoisotopic (exact) mass is 396 g/mol. The van der Waals surface area contributed by atoms with Crippen LogP contribution in [0.4, 0.5) is 0 Å². The van der Waals surface area contributed by atoms with Crippen LogP contribution in [0.1, 0.15) is 24.5 Å². The maximum atomic E-state index is 12.7. The number of carbonyl (C=O) groups excluding carboxylic acids is 1. The fourth-order valence-electron chi connectivity index (χ4n) is 2.87. The van der Waals surface area contributed by atoms with Gasteiger partial charge in [-0.2, -0.15) is 0 Å². The highest BCUT2D eigenvalue weighted by atomic mass is 32.1. The zero-order valence-corrected chi connectivity index (χ0v) is 16.7. The summed E-state index contributed by atoms with van der Waals surface area (Å²) in [5, 5.41) is 3.44. The maximum absolute atomic E-state index is 12.7. The number of hydrogen-bond acceptors (Lipinski definition) is 4. The Balaban J connectivity index is 1.69. The molecule has 0 radical (unpaired) electrons. The summed E-state index contributed by atoms with van der Waals surface area (Å²) < 4.78 is 11.3. The molecule has 5 nitrogen and oxygen atoms in total. The minimum atomic E-state index is -0.126. The van der Waals surface area contributed by atoms with E-state index in [0.717, 1.165) is 17.5 Å². The Bertz CT molecular complexity index is 852. The first-order valence-electron chi connectivity index (χ1n) is 9.37. The van der Waals surface area contributed by atoms with E-state index in [-0.39, 0.29) is 5.91 Å². The van der Waals surface area contributed by atoms with Crippen molar-refractivity contribution < 1.29 is 14.3 Å². The molecule has 1 heterocycles. The van der Waals surface area contributed by atoms with Crippen LogP contribution in [0.15, 0.2) is 60.3 Å². The van der Waals surface area contributed by atoms with E-state index >= 15 is 0 Å². The average Bonchev–Trinajstić information content (AvgIpc) is 2.98. The summed E-state index contributed by atoms with van der Waals surface area (Å²) in [7, 11) is 0. The molecule has 146 valence electrons. The van der Waals surface area contributed by atoms with Gasteiger partial charge in [0.05, 0.1) is 0 Å². The van der Waals surface area contributed by atoms with Crippen LogP contribution in [0, 0.1) is 0 Å². The van der Waals surface area contributed by atoms with Crippen molar-refractivity contribution in [1.29, 1.82) is 0 Å². The molecule has 0 bridgehead atoms. The van der Waals surface area contributed by atoms with Gasteiger partial charge in [-0.3, -0.25) is 9.69 Å². The summed E-state index contributed by atoms with van der Waals surface area (Å²) in [6.45, 7) is 4.23. The Morgan fingerprint density at radius 3 is 2.64 bits per heavy atom. The van der Waals surface area contributed by atoms with Gasteiger partial charge in [0.25, 0.3) is 5.91 Å². The fraction of sp³-hybridized carbons (Fsp3) is 0.273. The number of nitrogens with one attached hydrogen (secondary N) is 1. The zero-order chi connectivity index (χ0) is 19.8. The van der Waals surface area contributed by atoms with E-state index in [1.54, 1.807) is 11.0 Å². The van der Waals surface area contributed by atoms with E-state index in [0.29, 0.717) is 42.9 Å². The minimum Gasteiger partial charge on any atom is -0.488 e. The number of benzene rings is 2. The molecule has 1 fully saturated rings. The summed E-state index contributed by atoms with van der Waals surface area (Å²) >= 11 is 5.32. The topological polar surface area (TPSA) is 50.8 Å². The number of para-hydroxylation sites is 1. The third kappa shape index (κ3) is 5.18. The lowest BCUT2D eigenvalue weighted by molar-refractivity contribution is -0.122. The van der Waals surface area contributed by atoms with Crippen LogP contribution in [0.3, 0.4) is 0 Å². The molecule has 3 rings (SSSR count). The predicted octanol–water partition coefficient (Wildman–Crippen LogP) is 3.75. The second-order valence-electron chi connectivity index (χ2n) is 6.31. The second-order valence-corrected chi connectivity index (χ2v) is 6.69. The van der Waals surface area contributed by atoms with E-state index in [9.17, 15) is 4.79 Å². The normalized spacial score (nSPS) is 15.2. The highest BCUT2D eigenvalue weighted by molar-refractivity contribution is 7.80. The van der Waals surface area contributed by atoms with Crippen molar-refractivity contribution in [3.63, 3.8) is 0 Å². The molecular formula is C22H24N2O3S. The standard InChI is InChI=1S/C22H24N2O3S/c1-2-26-14-8-13-24-21(25)19(23-22(24)28)15-18-11-6-7-12-20(18)27-16-17-9-4-3-5-10-17/h3-7,9-12,15H,2,8,13-14,16H2,1H3,(H,23,28)/b19-15+. The third-order valence-corrected chi connectivity index (χ3v) is 4.62. The number of rotatable bonds is 9. The Morgan fingerprint density at radius 1 is 1.11 bits per heavy atom. The first kappa shape index (κ1) is 20.0. The van der Waals surface area contributed by atoms with E-state index in [1.165, 1.54) is 0 Å². The Hall–Kier alpha value is -2.70. The van der Waals surface area contributed by atoms with Crippen molar-refractivity contribution in [2.45, 2.75) is 20.0 Å². The molecule has 28 heavy (non-hydrogen) atoms. The van der Waals surface area contributed by atoms with Crippen LogP contribution >= 0.6 is 12.2 Å². The highest BCUT2D eigenvalue weighted by Crippen LogP contribution is 2.23. The second kappa shape index (κ2) is 10.0. The quantitative estimate of drug-likeness (QED) is 0.397. The Morgan fingerprint density at radius 2 is 1.86 bits per heavy atom. The predicted molar refractivity (Wildman–Crippen MR) is 114 cm³/mol. The molecule has 1 N–H and O–H groups in total. The van der Waals surface area contributed by atoms with E-state index in [4.69, 9.17) is 21.7 Å². The van der Waals surface area contributed by atoms with Crippen LogP contribution in [0.25, 0.3) is 6.08 Å². The van der Waals surface area contributed by atoms with Crippen LogP contribution in [-0.4, -0.2) is 35.7 Å². The van der Waals surface area contributed by atoms with Crippen molar-refractivity contribution in [1.82, 2.24) is 10.2 Å². The summed E-state index contributed by atoms with van der Waals surface area (Å²) in [4.78, 5) is 14.3. The van der Waals surface area contributed by atoms with Gasteiger partial charge in [0.15, 0.2) is 5.11 Å². The zero-order valence-electron chi connectivity index (χ0n) is 15.9. The Labute approximate surface area is 170 Å². The molecular weight excluding hydrogens is 372 g/mol. The number of thiocarbonyl (C=S) groups is 1. The van der Waals surface area contributed by atoms with Gasteiger partial charge in [0.2, 0.25) is 0 Å². The van der Waals surface area contributed by atoms with Gasteiger partial charge in [-0.05, 0) is 43.3 Å². The minimum absolute atomic E-state index is 0.126. The van der Waals surface area contributed by atoms with Crippen LogP contribution in [0.5, 0.6) is 5.75 Å². The number of hydrogen-bond donors (Lipinski definition) is 1. The average molecular weight is 397 g/mol. The largest absolute Gasteiger partial charge is 0.488 e. The lowest BCUT2D eigenvalue weighted by Crippen LogP contribution is -2.32. The highest BCUT2D eigenvalue weighted by Gasteiger charge is 2.30. The van der Waals surface area contributed by atoms with Crippen molar-refractivity contribution >= 4 is 29.3 Å². The van der Waals surface area contributed by atoms with Crippen molar-refractivity contribution in [2.24, 2.45) is 0 Å². The molecule has 1 amide bonds. The number of carbonyl (C=O) groups is 1. The molecule has 2 aromatic rings. The van der Waals surface area contributed by atoms with Gasteiger partial charge in [0, 0.05) is 25.3 Å². The van der Waals surface area contributed by atoms with Gasteiger partial charge in [0.1, 0.15) is 18.1 Å². The summed E-state index contributed by atoms with van der Waals surface area (Å²) in [5.41, 5.74) is 2.37. The number of amides is 1. The molecule has 0 saturated carbocycles. The Kier molecular flexibility index (Phi) is 7.17. The summed E-state index contributed by atoms with van der Waals surface area (Å²) in [6.07, 6.45) is 2.53. The van der Waals surface area contributed by atoms with E-state index in [2.05, 4.69) is 5.32 Å². The molecule has 0 unspecified atom stereocenters. The van der Waals surface area contributed by atoms with Crippen molar-refractivity contribution in [3.05, 3.63) is 71.4 Å². The lowest BCUT2D eigenvalue weighted by Gasteiger charge is -2.13. The molecule has 0 spiro atoms. The number of ether oxygens (including phenoxy) is 2. The molecule has 1 aliphatic heterocycles. The van der Waals surface area contributed by atoms with Crippen LogP contribution < -0.4 is 10.1 Å². The summed E-state index contributed by atoms with van der Waals surface area (Å²) in [5.74, 6) is 0.591. The lowest BCUT2D eigenvalue weighted by atomic mass is 10.1. The van der Waals surface area contributed by atoms with E-state index in [1.807, 2.05) is 61.5 Å². The molecule has 0 aliphatic carbocycles. The van der Waals surface area contributed by atoms with Crippen LogP contribution in [-0.2, 0) is 16.1 Å².